The van der Waals surface area contributed by atoms with Gasteiger partial charge in [-0.25, -0.2) is 4.79 Å². The monoisotopic (exact) mass is 206 g/mol. The van der Waals surface area contributed by atoms with Gasteiger partial charge in [0.15, 0.2) is 0 Å². The predicted molar refractivity (Wildman–Crippen MR) is 58.3 cm³/mol. The van der Waals surface area contributed by atoms with Crippen LogP contribution < -0.4 is 0 Å². The van der Waals surface area contributed by atoms with Crippen LogP contribution in [0, 0.1) is 0 Å². The zero-order chi connectivity index (χ0) is 10.9. The summed E-state index contributed by atoms with van der Waals surface area (Å²) in [6.45, 7) is 0.402. The molecule has 1 aromatic carbocycles. The lowest BCUT2D eigenvalue weighted by Crippen LogP contribution is -2.09. The van der Waals surface area contributed by atoms with E-state index >= 15 is 0 Å². The van der Waals surface area contributed by atoms with Gasteiger partial charge in [-0.15, -0.1) is 0 Å². The van der Waals surface area contributed by atoms with Crippen molar-refractivity contribution in [3.8, 4) is 0 Å². The second-order valence-electron chi connectivity index (χ2n) is 2.90. The second-order valence-corrected chi connectivity index (χ2v) is 2.90. The molecule has 3 heteroatoms. The van der Waals surface area contributed by atoms with Crippen LogP contribution in [-0.2, 0) is 14.3 Å². The molecule has 0 saturated heterocycles. The fraction of sp³-hybridized carbons (Fsp3) is 0.250. The Morgan fingerprint density at radius 3 is 2.73 bits per heavy atom. The van der Waals surface area contributed by atoms with Crippen LogP contribution in [0.4, 0.5) is 0 Å². The molecule has 0 bridgehead atoms. The SMILES string of the molecule is COC(=O)COCC=Cc1ccccc1. The van der Waals surface area contributed by atoms with Crippen LogP contribution in [0.5, 0.6) is 0 Å². The first kappa shape index (κ1) is 11.5. The summed E-state index contributed by atoms with van der Waals surface area (Å²) >= 11 is 0. The molecule has 0 N–H and O–H groups in total. The molecule has 0 radical (unpaired) electrons. The summed E-state index contributed by atoms with van der Waals surface area (Å²) in [4.78, 5) is 10.7. The predicted octanol–water partition coefficient (Wildman–Crippen LogP) is 1.89. The summed E-state index contributed by atoms with van der Waals surface area (Å²) in [5, 5.41) is 0. The van der Waals surface area contributed by atoms with Gasteiger partial charge < -0.3 is 9.47 Å². The molecule has 15 heavy (non-hydrogen) atoms. The highest BCUT2D eigenvalue weighted by molar-refractivity contribution is 5.70. The van der Waals surface area contributed by atoms with E-state index in [1.54, 1.807) is 0 Å². The minimum atomic E-state index is -0.358. The highest BCUT2D eigenvalue weighted by atomic mass is 16.6. The van der Waals surface area contributed by atoms with Crippen LogP contribution in [0.25, 0.3) is 6.08 Å². The van der Waals surface area contributed by atoms with Crippen molar-refractivity contribution in [1.82, 2.24) is 0 Å². The van der Waals surface area contributed by atoms with Crippen molar-refractivity contribution < 1.29 is 14.3 Å². The maximum Gasteiger partial charge on any atom is 0.331 e. The van der Waals surface area contributed by atoms with Crippen molar-refractivity contribution >= 4 is 12.0 Å². The average molecular weight is 206 g/mol. The van der Waals surface area contributed by atoms with E-state index in [0.717, 1.165) is 5.56 Å². The lowest BCUT2D eigenvalue weighted by Gasteiger charge is -1.98. The van der Waals surface area contributed by atoms with Crippen LogP contribution in [0.2, 0.25) is 0 Å². The molecule has 3 nitrogen and oxygen atoms in total. The number of esters is 1. The normalized spacial score (nSPS) is 10.5. The molecule has 0 fully saturated rings. The fourth-order valence-corrected chi connectivity index (χ4v) is 1.02. The smallest absolute Gasteiger partial charge is 0.331 e. The quantitative estimate of drug-likeness (QED) is 0.545. The summed E-state index contributed by atoms with van der Waals surface area (Å²) in [7, 11) is 1.34. The molecule has 0 aliphatic carbocycles. The molecule has 0 spiro atoms. The molecule has 0 heterocycles. The minimum Gasteiger partial charge on any atom is -0.467 e. The average Bonchev–Trinajstić information content (AvgIpc) is 2.29. The van der Waals surface area contributed by atoms with E-state index < -0.39 is 0 Å². The summed E-state index contributed by atoms with van der Waals surface area (Å²) in [6.07, 6.45) is 3.80. The second kappa shape index (κ2) is 6.79. The van der Waals surface area contributed by atoms with E-state index in [1.807, 2.05) is 42.5 Å². The topological polar surface area (TPSA) is 35.5 Å². The van der Waals surface area contributed by atoms with Gasteiger partial charge in [0, 0.05) is 0 Å². The number of hydrogen-bond acceptors (Lipinski definition) is 3. The van der Waals surface area contributed by atoms with Gasteiger partial charge in [-0.1, -0.05) is 42.5 Å². The number of carbonyl (C=O) groups excluding carboxylic acids is 1. The number of ether oxygens (including phenoxy) is 2. The molecule has 0 saturated carbocycles. The third-order valence-corrected chi connectivity index (χ3v) is 1.77. The number of carbonyl (C=O) groups is 1. The lowest BCUT2D eigenvalue weighted by atomic mass is 10.2. The van der Waals surface area contributed by atoms with Gasteiger partial charge in [0.25, 0.3) is 0 Å². The van der Waals surface area contributed by atoms with E-state index in [4.69, 9.17) is 4.74 Å². The van der Waals surface area contributed by atoms with E-state index in [1.165, 1.54) is 7.11 Å². The van der Waals surface area contributed by atoms with Gasteiger partial charge in [-0.05, 0) is 5.56 Å². The van der Waals surface area contributed by atoms with Gasteiger partial charge in [-0.3, -0.25) is 0 Å². The Labute approximate surface area is 89.3 Å². The van der Waals surface area contributed by atoms with Gasteiger partial charge >= 0.3 is 5.97 Å². The molecule has 1 aromatic rings. The van der Waals surface area contributed by atoms with Crippen LogP contribution in [0.1, 0.15) is 5.56 Å². The Bertz CT molecular complexity index is 317. The first-order chi connectivity index (χ1) is 7.33. The third-order valence-electron chi connectivity index (χ3n) is 1.77. The van der Waals surface area contributed by atoms with Crippen molar-refractivity contribution in [1.29, 1.82) is 0 Å². The highest BCUT2D eigenvalue weighted by Crippen LogP contribution is 2.00. The minimum absolute atomic E-state index is 0.00434. The maximum absolute atomic E-state index is 10.7. The van der Waals surface area contributed by atoms with E-state index in [-0.39, 0.29) is 12.6 Å². The Balaban J connectivity index is 2.20. The summed E-state index contributed by atoms with van der Waals surface area (Å²) in [6, 6.07) is 9.89. The molecular formula is C12H14O3. The zero-order valence-electron chi connectivity index (χ0n) is 8.68. The van der Waals surface area contributed by atoms with E-state index in [0.29, 0.717) is 6.61 Å². The number of hydrogen-bond donors (Lipinski definition) is 0. The van der Waals surface area contributed by atoms with E-state index in [2.05, 4.69) is 4.74 Å². The molecule has 0 amide bonds. The van der Waals surface area contributed by atoms with Crippen molar-refractivity contribution in [2.45, 2.75) is 0 Å². The number of rotatable bonds is 5. The molecular weight excluding hydrogens is 192 g/mol. The Hall–Kier alpha value is -1.61. The van der Waals surface area contributed by atoms with Gasteiger partial charge in [-0.2, -0.15) is 0 Å². The van der Waals surface area contributed by atoms with Crippen LogP contribution in [0.15, 0.2) is 36.4 Å². The zero-order valence-corrected chi connectivity index (χ0v) is 8.68. The summed E-state index contributed by atoms with van der Waals surface area (Å²) in [5.74, 6) is -0.358. The molecule has 0 atom stereocenters. The first-order valence-electron chi connectivity index (χ1n) is 4.69. The first-order valence-corrected chi connectivity index (χ1v) is 4.69. The fourth-order valence-electron chi connectivity index (χ4n) is 1.02. The summed E-state index contributed by atoms with van der Waals surface area (Å²) < 4.78 is 9.47. The Morgan fingerprint density at radius 1 is 1.33 bits per heavy atom. The standard InChI is InChI=1S/C12H14O3/c1-14-12(13)10-15-9-5-8-11-6-3-2-4-7-11/h2-8H,9-10H2,1H3. The van der Waals surface area contributed by atoms with Crippen molar-refractivity contribution in [3.63, 3.8) is 0 Å². The molecule has 0 aliphatic rings. The molecule has 1 rings (SSSR count). The van der Waals surface area contributed by atoms with Crippen LogP contribution >= 0.6 is 0 Å². The largest absolute Gasteiger partial charge is 0.467 e. The third kappa shape index (κ3) is 4.98. The number of methoxy groups -OCH3 is 1. The van der Waals surface area contributed by atoms with Gasteiger partial charge in [0.2, 0.25) is 0 Å². The van der Waals surface area contributed by atoms with Gasteiger partial charge in [0.1, 0.15) is 6.61 Å². The Kier molecular flexibility index (Phi) is 5.19. The Morgan fingerprint density at radius 2 is 2.07 bits per heavy atom. The van der Waals surface area contributed by atoms with Crippen molar-refractivity contribution in [2.24, 2.45) is 0 Å². The maximum atomic E-state index is 10.7. The molecule has 0 aromatic heterocycles. The van der Waals surface area contributed by atoms with E-state index in [9.17, 15) is 4.79 Å². The highest BCUT2D eigenvalue weighted by Gasteiger charge is 1.96. The summed E-state index contributed by atoms with van der Waals surface area (Å²) in [5.41, 5.74) is 1.11. The molecule has 80 valence electrons. The van der Waals surface area contributed by atoms with Gasteiger partial charge in [0.05, 0.1) is 13.7 Å². The van der Waals surface area contributed by atoms with Crippen molar-refractivity contribution in [3.05, 3.63) is 42.0 Å². The number of benzene rings is 1. The molecule has 0 aliphatic heterocycles. The van der Waals surface area contributed by atoms with Crippen LogP contribution in [-0.4, -0.2) is 26.3 Å². The molecule has 0 unspecified atom stereocenters. The van der Waals surface area contributed by atoms with Crippen LogP contribution in [0.3, 0.4) is 0 Å². The van der Waals surface area contributed by atoms with Crippen molar-refractivity contribution in [2.75, 3.05) is 20.3 Å². The lowest BCUT2D eigenvalue weighted by molar-refractivity contribution is -0.145.